The zero-order valence-electron chi connectivity index (χ0n) is 11.6. The van der Waals surface area contributed by atoms with Crippen molar-refractivity contribution in [2.75, 3.05) is 17.2 Å². The lowest BCUT2D eigenvalue weighted by Crippen LogP contribution is -2.21. The molecule has 3 rings (SSSR count). The molecule has 2 nitrogen and oxygen atoms in total. The van der Waals surface area contributed by atoms with Gasteiger partial charge in [0.2, 0.25) is 0 Å². The summed E-state index contributed by atoms with van der Waals surface area (Å²) in [6.45, 7) is 6.35. The second-order valence-electron chi connectivity index (χ2n) is 5.46. The minimum absolute atomic E-state index is 0.903. The zero-order chi connectivity index (χ0) is 13.4. The van der Waals surface area contributed by atoms with Crippen molar-refractivity contribution in [3.63, 3.8) is 0 Å². The number of nitrogens with zero attached hydrogens (tertiary/aromatic N) is 1. The van der Waals surface area contributed by atoms with E-state index in [0.717, 1.165) is 25.2 Å². The first kappa shape index (κ1) is 12.1. The van der Waals surface area contributed by atoms with Crippen LogP contribution in [0.3, 0.4) is 0 Å². The SMILES string of the molecule is Cc1ccc(C)c(CN2CCc3cccc(N)c32)c1. The van der Waals surface area contributed by atoms with E-state index in [0.29, 0.717) is 0 Å². The molecule has 0 fully saturated rings. The minimum Gasteiger partial charge on any atom is -0.397 e. The van der Waals surface area contributed by atoms with Gasteiger partial charge in [-0.15, -0.1) is 0 Å². The zero-order valence-corrected chi connectivity index (χ0v) is 11.6. The Morgan fingerprint density at radius 3 is 2.84 bits per heavy atom. The van der Waals surface area contributed by atoms with Gasteiger partial charge in [0.1, 0.15) is 0 Å². The summed E-state index contributed by atoms with van der Waals surface area (Å²) in [7, 11) is 0. The highest BCUT2D eigenvalue weighted by Gasteiger charge is 2.21. The molecular weight excluding hydrogens is 232 g/mol. The molecule has 0 radical (unpaired) electrons. The van der Waals surface area contributed by atoms with Crippen molar-refractivity contribution < 1.29 is 0 Å². The van der Waals surface area contributed by atoms with E-state index in [1.54, 1.807) is 0 Å². The Morgan fingerprint density at radius 2 is 2.00 bits per heavy atom. The molecule has 1 aliphatic rings. The van der Waals surface area contributed by atoms with Crippen LogP contribution in [0.15, 0.2) is 36.4 Å². The molecule has 1 heterocycles. The van der Waals surface area contributed by atoms with Gasteiger partial charge in [-0.25, -0.2) is 0 Å². The third-order valence-electron chi connectivity index (χ3n) is 3.98. The normalized spacial score (nSPS) is 13.7. The van der Waals surface area contributed by atoms with E-state index in [4.69, 9.17) is 5.73 Å². The van der Waals surface area contributed by atoms with E-state index in [-0.39, 0.29) is 0 Å². The Hall–Kier alpha value is -1.96. The van der Waals surface area contributed by atoms with Crippen LogP contribution in [0.1, 0.15) is 22.3 Å². The lowest BCUT2D eigenvalue weighted by atomic mass is 10.1. The summed E-state index contributed by atoms with van der Waals surface area (Å²) in [6, 6.07) is 12.9. The molecule has 1 aliphatic heterocycles. The number of anilines is 2. The predicted octanol–water partition coefficient (Wildman–Crippen LogP) is 3.45. The van der Waals surface area contributed by atoms with Gasteiger partial charge < -0.3 is 10.6 Å². The largest absolute Gasteiger partial charge is 0.397 e. The van der Waals surface area contributed by atoms with Gasteiger partial charge in [0, 0.05) is 13.1 Å². The van der Waals surface area contributed by atoms with Crippen molar-refractivity contribution in [3.05, 3.63) is 58.7 Å². The molecule has 2 aromatic carbocycles. The van der Waals surface area contributed by atoms with E-state index >= 15 is 0 Å². The van der Waals surface area contributed by atoms with Crippen LogP contribution in [0, 0.1) is 13.8 Å². The molecule has 19 heavy (non-hydrogen) atoms. The molecule has 0 bridgehead atoms. The van der Waals surface area contributed by atoms with Crippen LogP contribution in [0.5, 0.6) is 0 Å². The van der Waals surface area contributed by atoms with E-state index in [1.165, 1.54) is 27.9 Å². The summed E-state index contributed by atoms with van der Waals surface area (Å²) in [6.07, 6.45) is 1.10. The van der Waals surface area contributed by atoms with Crippen molar-refractivity contribution in [2.45, 2.75) is 26.8 Å². The van der Waals surface area contributed by atoms with E-state index in [9.17, 15) is 0 Å². The first-order chi connectivity index (χ1) is 9.15. The fourth-order valence-electron chi connectivity index (χ4n) is 2.90. The summed E-state index contributed by atoms with van der Waals surface area (Å²) >= 11 is 0. The van der Waals surface area contributed by atoms with Crippen LogP contribution in [-0.2, 0) is 13.0 Å². The molecular formula is C17H20N2. The highest BCUT2D eigenvalue weighted by atomic mass is 15.2. The lowest BCUT2D eigenvalue weighted by molar-refractivity contribution is 0.831. The quantitative estimate of drug-likeness (QED) is 0.829. The summed E-state index contributed by atoms with van der Waals surface area (Å²) in [5, 5.41) is 0. The smallest absolute Gasteiger partial charge is 0.0636 e. The Kier molecular flexibility index (Phi) is 2.94. The number of hydrogen-bond acceptors (Lipinski definition) is 2. The van der Waals surface area contributed by atoms with Gasteiger partial charge in [0.25, 0.3) is 0 Å². The number of nitrogens with two attached hydrogens (primary N) is 1. The molecule has 2 heteroatoms. The number of para-hydroxylation sites is 1. The molecule has 0 unspecified atom stereocenters. The molecule has 98 valence electrons. The first-order valence-corrected chi connectivity index (χ1v) is 6.83. The monoisotopic (exact) mass is 252 g/mol. The molecule has 2 aromatic rings. The van der Waals surface area contributed by atoms with Gasteiger partial charge >= 0.3 is 0 Å². The van der Waals surface area contributed by atoms with Crippen LogP contribution in [0.2, 0.25) is 0 Å². The van der Waals surface area contributed by atoms with E-state index in [2.05, 4.69) is 49.1 Å². The maximum atomic E-state index is 6.14. The molecule has 2 N–H and O–H groups in total. The van der Waals surface area contributed by atoms with Crippen molar-refractivity contribution in [1.29, 1.82) is 0 Å². The van der Waals surface area contributed by atoms with Gasteiger partial charge in [-0.1, -0.05) is 35.9 Å². The summed E-state index contributed by atoms with van der Waals surface area (Å²) < 4.78 is 0. The number of rotatable bonds is 2. The topological polar surface area (TPSA) is 29.3 Å². The van der Waals surface area contributed by atoms with Gasteiger partial charge in [-0.2, -0.15) is 0 Å². The predicted molar refractivity (Wildman–Crippen MR) is 81.5 cm³/mol. The molecule has 0 amide bonds. The average Bonchev–Trinajstić information content (AvgIpc) is 2.79. The standard InChI is InChI=1S/C17H20N2/c1-12-6-7-13(2)15(10-12)11-19-9-8-14-4-3-5-16(18)17(14)19/h3-7,10H,8-9,11,18H2,1-2H3. The van der Waals surface area contributed by atoms with E-state index in [1.807, 2.05) is 6.07 Å². The highest BCUT2D eigenvalue weighted by molar-refractivity contribution is 5.74. The second-order valence-corrected chi connectivity index (χ2v) is 5.46. The fraction of sp³-hybridized carbons (Fsp3) is 0.294. The van der Waals surface area contributed by atoms with Crippen LogP contribution in [-0.4, -0.2) is 6.54 Å². The molecule has 0 atom stereocenters. The maximum Gasteiger partial charge on any atom is 0.0636 e. The lowest BCUT2D eigenvalue weighted by Gasteiger charge is -2.22. The van der Waals surface area contributed by atoms with Gasteiger partial charge in [-0.3, -0.25) is 0 Å². The highest BCUT2D eigenvalue weighted by Crippen LogP contribution is 2.34. The second kappa shape index (κ2) is 4.61. The minimum atomic E-state index is 0.903. The van der Waals surface area contributed by atoms with Crippen LogP contribution in [0.4, 0.5) is 11.4 Å². The number of benzene rings is 2. The van der Waals surface area contributed by atoms with Gasteiger partial charge in [-0.05, 0) is 43.0 Å². The van der Waals surface area contributed by atoms with Crippen molar-refractivity contribution in [3.8, 4) is 0 Å². The van der Waals surface area contributed by atoms with Crippen LogP contribution < -0.4 is 10.6 Å². The Labute approximate surface area is 114 Å². The van der Waals surface area contributed by atoms with Gasteiger partial charge in [0.15, 0.2) is 0 Å². The van der Waals surface area contributed by atoms with Crippen LogP contribution >= 0.6 is 0 Å². The fourth-order valence-corrected chi connectivity index (χ4v) is 2.90. The van der Waals surface area contributed by atoms with Crippen LogP contribution in [0.25, 0.3) is 0 Å². The summed E-state index contributed by atoms with van der Waals surface area (Å²) in [5.74, 6) is 0. The Balaban J connectivity index is 1.93. The number of nitrogen functional groups attached to an aromatic ring is 1. The third-order valence-corrected chi connectivity index (χ3v) is 3.98. The molecule has 0 spiro atoms. The Bertz CT molecular complexity index is 617. The number of aryl methyl sites for hydroxylation is 2. The summed E-state index contributed by atoms with van der Waals surface area (Å²) in [5.41, 5.74) is 13.7. The molecule has 0 aromatic heterocycles. The van der Waals surface area contributed by atoms with E-state index < -0.39 is 0 Å². The van der Waals surface area contributed by atoms with Crippen molar-refractivity contribution in [2.24, 2.45) is 0 Å². The van der Waals surface area contributed by atoms with Gasteiger partial charge in [0.05, 0.1) is 11.4 Å². The maximum absolute atomic E-state index is 6.14. The first-order valence-electron chi connectivity index (χ1n) is 6.83. The number of hydrogen-bond donors (Lipinski definition) is 1. The molecule has 0 aliphatic carbocycles. The molecule has 0 saturated carbocycles. The van der Waals surface area contributed by atoms with Crippen molar-refractivity contribution >= 4 is 11.4 Å². The van der Waals surface area contributed by atoms with Crippen molar-refractivity contribution in [1.82, 2.24) is 0 Å². The Morgan fingerprint density at radius 1 is 1.16 bits per heavy atom. The third kappa shape index (κ3) is 2.19. The number of fused-ring (bicyclic) bond motifs is 1. The summed E-state index contributed by atoms with van der Waals surface area (Å²) in [4.78, 5) is 2.41. The molecule has 0 saturated heterocycles. The average molecular weight is 252 g/mol.